The van der Waals surface area contributed by atoms with E-state index in [4.69, 9.17) is 0 Å². The molecule has 2 atom stereocenters. The van der Waals surface area contributed by atoms with Gasteiger partial charge in [0, 0.05) is 17.0 Å². The molecule has 3 aromatic rings. The number of rotatable bonds is 1. The number of para-hydroxylation sites is 1. The first-order chi connectivity index (χ1) is 10.7. The molecule has 1 saturated carbocycles. The van der Waals surface area contributed by atoms with Crippen molar-refractivity contribution < 1.29 is 4.79 Å². The third-order valence-corrected chi connectivity index (χ3v) is 5.79. The Hall–Kier alpha value is -1.89. The van der Waals surface area contributed by atoms with Crippen LogP contribution < -0.4 is 5.32 Å². The van der Waals surface area contributed by atoms with E-state index in [1.165, 1.54) is 5.56 Å². The smallest absolute Gasteiger partial charge is 0.235 e. The van der Waals surface area contributed by atoms with Gasteiger partial charge in [0.15, 0.2) is 0 Å². The second-order valence-electron chi connectivity index (χ2n) is 6.05. The minimum atomic E-state index is -0.364. The Morgan fingerprint density at radius 1 is 1.23 bits per heavy atom. The lowest BCUT2D eigenvalue weighted by molar-refractivity contribution is -0.118. The van der Waals surface area contributed by atoms with Gasteiger partial charge in [0.05, 0.1) is 10.9 Å². The summed E-state index contributed by atoms with van der Waals surface area (Å²) >= 11 is 2.23. The standard InChI is InChI=1S/C17H12IN3O/c18-15-10-6-5-9(7-14(10)20-21-15)12-8-17(12)11-3-1-2-4-13(11)19-16(17)22/h1-7,12H,8H2,(H,19,22)(H,20,21)/t12?,17-/m0/s1. The molecule has 1 unspecified atom stereocenters. The first kappa shape index (κ1) is 12.6. The topological polar surface area (TPSA) is 57.8 Å². The predicted octanol–water partition coefficient (Wildman–Crippen LogP) is 3.54. The maximum Gasteiger partial charge on any atom is 0.235 e. The fraction of sp³-hybridized carbons (Fsp3) is 0.176. The molecule has 0 saturated heterocycles. The fourth-order valence-electron chi connectivity index (χ4n) is 3.77. The second-order valence-corrected chi connectivity index (χ2v) is 7.07. The highest BCUT2D eigenvalue weighted by Crippen LogP contribution is 2.64. The number of H-pyrrole nitrogens is 1. The molecule has 1 aliphatic heterocycles. The summed E-state index contributed by atoms with van der Waals surface area (Å²) in [6.45, 7) is 0. The molecule has 0 bridgehead atoms. The molecule has 0 radical (unpaired) electrons. The van der Waals surface area contributed by atoms with Crippen molar-refractivity contribution in [2.45, 2.75) is 17.8 Å². The Morgan fingerprint density at radius 3 is 3.00 bits per heavy atom. The van der Waals surface area contributed by atoms with Crippen molar-refractivity contribution in [1.82, 2.24) is 10.2 Å². The van der Waals surface area contributed by atoms with Gasteiger partial charge in [-0.25, -0.2) is 0 Å². The van der Waals surface area contributed by atoms with Crippen molar-refractivity contribution in [2.24, 2.45) is 0 Å². The number of anilines is 1. The van der Waals surface area contributed by atoms with Crippen LogP contribution in [-0.2, 0) is 10.2 Å². The van der Waals surface area contributed by atoms with Crippen LogP contribution in [0.3, 0.4) is 0 Å². The molecular weight excluding hydrogens is 389 g/mol. The number of nitrogens with one attached hydrogen (secondary N) is 2. The fourth-order valence-corrected chi connectivity index (χ4v) is 4.36. The van der Waals surface area contributed by atoms with Crippen LogP contribution >= 0.6 is 22.6 Å². The minimum Gasteiger partial charge on any atom is -0.325 e. The van der Waals surface area contributed by atoms with Gasteiger partial charge in [-0.05, 0) is 58.3 Å². The molecule has 2 N–H and O–H groups in total. The number of amides is 1. The largest absolute Gasteiger partial charge is 0.325 e. The molecule has 1 aromatic heterocycles. The first-order valence-electron chi connectivity index (χ1n) is 7.24. The van der Waals surface area contributed by atoms with E-state index in [1.54, 1.807) is 0 Å². The molecule has 2 aliphatic rings. The van der Waals surface area contributed by atoms with Gasteiger partial charge in [0.1, 0.15) is 3.70 Å². The molecule has 22 heavy (non-hydrogen) atoms. The molecular formula is C17H12IN3O. The number of halogens is 1. The van der Waals surface area contributed by atoms with E-state index in [0.29, 0.717) is 0 Å². The quantitative estimate of drug-likeness (QED) is 0.613. The monoisotopic (exact) mass is 401 g/mol. The Bertz CT molecular complexity index is 948. The summed E-state index contributed by atoms with van der Waals surface area (Å²) in [5.74, 6) is 0.388. The van der Waals surface area contributed by atoms with Gasteiger partial charge in [-0.1, -0.05) is 24.3 Å². The number of carbonyl (C=O) groups is 1. The van der Waals surface area contributed by atoms with Crippen molar-refractivity contribution in [3.05, 3.63) is 57.3 Å². The lowest BCUT2D eigenvalue weighted by Crippen LogP contribution is -2.20. The molecule has 4 nitrogen and oxygen atoms in total. The number of nitrogens with zero attached hydrogens (tertiary/aromatic N) is 1. The molecule has 1 amide bonds. The van der Waals surface area contributed by atoms with Gasteiger partial charge in [-0.2, -0.15) is 5.10 Å². The number of fused-ring (bicyclic) bond motifs is 3. The van der Waals surface area contributed by atoms with Crippen molar-refractivity contribution in [3.63, 3.8) is 0 Å². The van der Waals surface area contributed by atoms with E-state index in [-0.39, 0.29) is 17.2 Å². The Labute approximate surface area is 140 Å². The summed E-state index contributed by atoms with van der Waals surface area (Å²) in [5.41, 5.74) is 3.99. The Kier molecular flexibility index (Phi) is 2.35. The van der Waals surface area contributed by atoms with Gasteiger partial charge < -0.3 is 5.32 Å². The summed E-state index contributed by atoms with van der Waals surface area (Å²) in [5, 5.41) is 11.5. The van der Waals surface area contributed by atoms with Crippen LogP contribution in [0.15, 0.2) is 42.5 Å². The second kappa shape index (κ2) is 4.10. The van der Waals surface area contributed by atoms with Gasteiger partial charge in [-0.3, -0.25) is 9.89 Å². The zero-order valence-electron chi connectivity index (χ0n) is 11.6. The van der Waals surface area contributed by atoms with Crippen molar-refractivity contribution in [3.8, 4) is 0 Å². The maximum absolute atomic E-state index is 12.5. The number of hydrogen-bond acceptors (Lipinski definition) is 2. The summed E-state index contributed by atoms with van der Waals surface area (Å²) in [6.07, 6.45) is 0.882. The molecule has 2 heterocycles. The van der Waals surface area contributed by atoms with E-state index < -0.39 is 0 Å². The van der Waals surface area contributed by atoms with E-state index >= 15 is 0 Å². The van der Waals surface area contributed by atoms with Crippen LogP contribution in [0.25, 0.3) is 10.9 Å². The van der Waals surface area contributed by atoms with Crippen LogP contribution in [0.1, 0.15) is 23.5 Å². The van der Waals surface area contributed by atoms with Crippen molar-refractivity contribution >= 4 is 45.1 Å². The molecule has 5 rings (SSSR count). The molecule has 1 fully saturated rings. The lowest BCUT2D eigenvalue weighted by atomic mass is 9.92. The van der Waals surface area contributed by atoms with Crippen LogP contribution in [0, 0.1) is 3.70 Å². The third-order valence-electron chi connectivity index (χ3n) is 4.96. The van der Waals surface area contributed by atoms with Crippen molar-refractivity contribution in [2.75, 3.05) is 5.32 Å². The van der Waals surface area contributed by atoms with Gasteiger partial charge >= 0.3 is 0 Å². The maximum atomic E-state index is 12.5. The summed E-state index contributed by atoms with van der Waals surface area (Å²) in [4.78, 5) is 12.5. The molecule has 1 aliphatic carbocycles. The average molecular weight is 401 g/mol. The molecule has 5 heteroatoms. The number of aromatic nitrogens is 2. The van der Waals surface area contributed by atoms with E-state index in [9.17, 15) is 4.79 Å². The number of carbonyl (C=O) groups excluding carboxylic acids is 1. The summed E-state index contributed by atoms with van der Waals surface area (Å²) in [6, 6.07) is 14.4. The van der Waals surface area contributed by atoms with Crippen LogP contribution in [0.2, 0.25) is 0 Å². The summed E-state index contributed by atoms with van der Waals surface area (Å²) in [7, 11) is 0. The zero-order valence-corrected chi connectivity index (χ0v) is 13.7. The van der Waals surface area contributed by atoms with Crippen molar-refractivity contribution in [1.29, 1.82) is 0 Å². The van der Waals surface area contributed by atoms with Crippen LogP contribution in [-0.4, -0.2) is 16.1 Å². The number of aromatic amines is 1. The van der Waals surface area contributed by atoms with Crippen LogP contribution in [0.4, 0.5) is 5.69 Å². The molecule has 2 aromatic carbocycles. The highest BCUT2D eigenvalue weighted by molar-refractivity contribution is 14.1. The minimum absolute atomic E-state index is 0.137. The molecule has 1 spiro atoms. The first-order valence-corrected chi connectivity index (χ1v) is 8.32. The highest BCUT2D eigenvalue weighted by atomic mass is 127. The average Bonchev–Trinajstić information content (AvgIpc) is 3.10. The predicted molar refractivity (Wildman–Crippen MR) is 92.9 cm³/mol. The number of hydrogen-bond donors (Lipinski definition) is 2. The zero-order chi connectivity index (χ0) is 14.9. The number of benzene rings is 2. The van der Waals surface area contributed by atoms with E-state index in [2.05, 4.69) is 62.4 Å². The van der Waals surface area contributed by atoms with E-state index in [0.717, 1.165) is 32.3 Å². The van der Waals surface area contributed by atoms with Gasteiger partial charge in [-0.15, -0.1) is 0 Å². The lowest BCUT2D eigenvalue weighted by Gasteiger charge is -2.08. The normalized spacial score (nSPS) is 25.5. The van der Waals surface area contributed by atoms with Gasteiger partial charge in [0.2, 0.25) is 5.91 Å². The Morgan fingerprint density at radius 2 is 2.09 bits per heavy atom. The van der Waals surface area contributed by atoms with Crippen LogP contribution in [0.5, 0.6) is 0 Å². The van der Waals surface area contributed by atoms with E-state index in [1.807, 2.05) is 18.2 Å². The highest BCUT2D eigenvalue weighted by Gasteiger charge is 2.65. The Balaban J connectivity index is 1.62. The molecule has 108 valence electrons. The SMILES string of the molecule is O=C1Nc2ccccc2[C@]12CC2c1ccc2c(I)n[nH]c2c1. The third kappa shape index (κ3) is 1.47. The van der Waals surface area contributed by atoms with Gasteiger partial charge in [0.25, 0.3) is 0 Å². The summed E-state index contributed by atoms with van der Waals surface area (Å²) < 4.78 is 0.980.